The summed E-state index contributed by atoms with van der Waals surface area (Å²) in [4.78, 5) is 38.6. The number of aliphatic hydroxyl groups is 1. The summed E-state index contributed by atoms with van der Waals surface area (Å²) in [7, 11) is 1.41. The molecule has 2 N–H and O–H groups in total. The molecule has 2 heterocycles. The maximum absolute atomic E-state index is 13.2. The molecule has 0 unspecified atom stereocenters. The first-order valence-corrected chi connectivity index (χ1v) is 6.88. The lowest BCUT2D eigenvalue weighted by molar-refractivity contribution is -0.0865. The van der Waals surface area contributed by atoms with E-state index in [2.05, 4.69) is 0 Å². The summed E-state index contributed by atoms with van der Waals surface area (Å²) < 4.78 is 14.3. The summed E-state index contributed by atoms with van der Waals surface area (Å²) >= 11 is 0. The predicted octanol–water partition coefficient (Wildman–Crippen LogP) is -0.444. The van der Waals surface area contributed by atoms with Gasteiger partial charge in [0.1, 0.15) is 17.0 Å². The Morgan fingerprint density at radius 3 is 2.70 bits per heavy atom. The second kappa shape index (κ2) is 5.17. The smallest absolute Gasteiger partial charge is 0.328 e. The molecule has 3 rings (SSSR count). The molecule has 1 aromatic heterocycles. The highest BCUT2D eigenvalue weighted by Crippen LogP contribution is 2.32. The molecule has 1 aromatic carbocycles. The van der Waals surface area contributed by atoms with E-state index >= 15 is 0 Å². The van der Waals surface area contributed by atoms with Crippen molar-refractivity contribution < 1.29 is 14.3 Å². The maximum atomic E-state index is 13.2. The molecule has 1 saturated heterocycles. The van der Waals surface area contributed by atoms with Gasteiger partial charge in [0.2, 0.25) is 0 Å². The van der Waals surface area contributed by atoms with Crippen molar-refractivity contribution in [2.24, 2.45) is 7.05 Å². The van der Waals surface area contributed by atoms with Crippen molar-refractivity contribution in [3.05, 3.63) is 68.2 Å². The van der Waals surface area contributed by atoms with Crippen molar-refractivity contribution in [1.29, 1.82) is 0 Å². The molecule has 0 aliphatic carbocycles. The molecule has 0 atom stereocenters. The first-order valence-electron chi connectivity index (χ1n) is 6.88. The van der Waals surface area contributed by atoms with Crippen LogP contribution in [0.3, 0.4) is 0 Å². The highest BCUT2D eigenvalue weighted by molar-refractivity contribution is 5.94. The fourth-order valence-electron chi connectivity index (χ4n) is 2.58. The van der Waals surface area contributed by atoms with E-state index in [4.69, 9.17) is 0 Å². The first kappa shape index (κ1) is 15.2. The number of carbonyl (C=O) groups excluding carboxylic acids is 1. The minimum atomic E-state index is -1.34. The van der Waals surface area contributed by atoms with Crippen LogP contribution in [0.2, 0.25) is 0 Å². The maximum Gasteiger partial charge on any atom is 0.328 e. The van der Waals surface area contributed by atoms with Gasteiger partial charge in [-0.05, 0) is 17.7 Å². The van der Waals surface area contributed by atoms with Crippen molar-refractivity contribution >= 4 is 5.91 Å². The SMILES string of the molecule is Cn1cc(C(=O)N2CC(O)(c3cccc(F)c3)C2)c(=O)[nH]c1=O. The Labute approximate surface area is 129 Å². The van der Waals surface area contributed by atoms with Crippen LogP contribution in [-0.4, -0.2) is 38.6 Å². The van der Waals surface area contributed by atoms with Crippen molar-refractivity contribution in [2.45, 2.75) is 5.60 Å². The molecule has 0 radical (unpaired) electrons. The third kappa shape index (κ3) is 2.57. The zero-order valence-electron chi connectivity index (χ0n) is 12.2. The number of amides is 1. The Morgan fingerprint density at radius 2 is 2.04 bits per heavy atom. The monoisotopic (exact) mass is 319 g/mol. The van der Waals surface area contributed by atoms with Gasteiger partial charge in [-0.1, -0.05) is 12.1 Å². The van der Waals surface area contributed by atoms with Crippen molar-refractivity contribution in [2.75, 3.05) is 13.1 Å². The van der Waals surface area contributed by atoms with Gasteiger partial charge < -0.3 is 14.6 Å². The molecule has 23 heavy (non-hydrogen) atoms. The number of β-amino-alcohol motifs (C(OH)–C–C–N with tert-alkyl or cyclic N) is 1. The number of carbonyl (C=O) groups is 1. The average Bonchev–Trinajstić information content (AvgIpc) is 2.47. The third-order valence-corrected chi connectivity index (χ3v) is 3.89. The molecule has 8 heteroatoms. The van der Waals surface area contributed by atoms with Crippen molar-refractivity contribution in [1.82, 2.24) is 14.5 Å². The van der Waals surface area contributed by atoms with E-state index in [0.29, 0.717) is 5.56 Å². The number of H-pyrrole nitrogens is 1. The van der Waals surface area contributed by atoms with Gasteiger partial charge in [-0.15, -0.1) is 0 Å². The van der Waals surface area contributed by atoms with Gasteiger partial charge >= 0.3 is 5.69 Å². The van der Waals surface area contributed by atoms with Crippen LogP contribution in [0.25, 0.3) is 0 Å². The van der Waals surface area contributed by atoms with Crippen LogP contribution in [0, 0.1) is 5.82 Å². The second-order valence-electron chi connectivity index (χ2n) is 5.62. The number of aromatic nitrogens is 2. The van der Waals surface area contributed by atoms with E-state index in [1.54, 1.807) is 6.07 Å². The van der Waals surface area contributed by atoms with Crippen molar-refractivity contribution in [3.8, 4) is 0 Å². The highest BCUT2D eigenvalue weighted by atomic mass is 19.1. The Morgan fingerprint density at radius 1 is 1.35 bits per heavy atom. The number of halogens is 1. The molecule has 0 bridgehead atoms. The summed E-state index contributed by atoms with van der Waals surface area (Å²) in [5.74, 6) is -1.07. The van der Waals surface area contributed by atoms with Gasteiger partial charge in [0, 0.05) is 13.2 Å². The lowest BCUT2D eigenvalue weighted by atomic mass is 9.85. The van der Waals surface area contributed by atoms with E-state index in [-0.39, 0.29) is 18.7 Å². The summed E-state index contributed by atoms with van der Waals surface area (Å²) in [6.45, 7) is -0.116. The standard InChI is InChI=1S/C15H14FN3O4/c1-18-6-11(12(20)17-14(18)22)13(21)19-7-15(23,8-19)9-3-2-4-10(16)5-9/h2-6,23H,7-8H2,1H3,(H,17,20,22). The fraction of sp³-hybridized carbons (Fsp3) is 0.267. The molecular weight excluding hydrogens is 305 g/mol. The molecule has 1 aliphatic rings. The van der Waals surface area contributed by atoms with Crippen LogP contribution in [0.4, 0.5) is 4.39 Å². The van der Waals surface area contributed by atoms with Crippen molar-refractivity contribution in [3.63, 3.8) is 0 Å². The summed E-state index contributed by atoms with van der Waals surface area (Å²) in [6.07, 6.45) is 1.16. The molecule has 0 saturated carbocycles. The van der Waals surface area contributed by atoms with Gasteiger partial charge in [-0.25, -0.2) is 9.18 Å². The van der Waals surface area contributed by atoms with Gasteiger partial charge in [0.25, 0.3) is 11.5 Å². The van der Waals surface area contributed by atoms with Crippen LogP contribution < -0.4 is 11.2 Å². The number of hydrogen-bond donors (Lipinski definition) is 2. The Kier molecular flexibility index (Phi) is 3.41. The molecule has 2 aromatic rings. The lowest BCUT2D eigenvalue weighted by Crippen LogP contribution is -2.61. The third-order valence-electron chi connectivity index (χ3n) is 3.89. The zero-order valence-corrected chi connectivity index (χ0v) is 12.2. The molecule has 120 valence electrons. The van der Waals surface area contributed by atoms with Crippen LogP contribution in [0.1, 0.15) is 15.9 Å². The predicted molar refractivity (Wildman–Crippen MR) is 78.5 cm³/mol. The van der Waals surface area contributed by atoms with E-state index in [1.807, 2.05) is 4.98 Å². The number of rotatable bonds is 2. The number of nitrogens with one attached hydrogen (secondary N) is 1. The van der Waals surface area contributed by atoms with Gasteiger partial charge in [-0.3, -0.25) is 14.6 Å². The van der Waals surface area contributed by atoms with E-state index < -0.39 is 28.6 Å². The average molecular weight is 319 g/mol. The molecule has 1 fully saturated rings. The minimum Gasteiger partial charge on any atom is -0.381 e. The Balaban J connectivity index is 1.82. The minimum absolute atomic E-state index is 0.0580. The quantitative estimate of drug-likeness (QED) is 0.784. The highest BCUT2D eigenvalue weighted by Gasteiger charge is 2.45. The lowest BCUT2D eigenvalue weighted by Gasteiger charge is -2.46. The number of hydrogen-bond acceptors (Lipinski definition) is 4. The van der Waals surface area contributed by atoms with Crippen LogP contribution in [0.5, 0.6) is 0 Å². The number of aromatic amines is 1. The summed E-state index contributed by atoms with van der Waals surface area (Å²) in [5.41, 5.74) is -2.56. The zero-order chi connectivity index (χ0) is 16.8. The topological polar surface area (TPSA) is 95.4 Å². The summed E-state index contributed by atoms with van der Waals surface area (Å²) in [5, 5.41) is 10.4. The second-order valence-corrected chi connectivity index (χ2v) is 5.62. The van der Waals surface area contributed by atoms with Gasteiger partial charge in [0.15, 0.2) is 0 Å². The van der Waals surface area contributed by atoms with Crippen LogP contribution in [-0.2, 0) is 12.6 Å². The number of benzene rings is 1. The van der Waals surface area contributed by atoms with E-state index in [9.17, 15) is 23.9 Å². The van der Waals surface area contributed by atoms with Gasteiger partial charge in [0.05, 0.1) is 13.1 Å². The molecule has 0 spiro atoms. The van der Waals surface area contributed by atoms with Gasteiger partial charge in [-0.2, -0.15) is 0 Å². The Hall–Kier alpha value is -2.74. The van der Waals surface area contributed by atoms with E-state index in [1.165, 1.54) is 30.1 Å². The fourth-order valence-corrected chi connectivity index (χ4v) is 2.58. The summed E-state index contributed by atoms with van der Waals surface area (Å²) in [6, 6.07) is 5.52. The van der Waals surface area contributed by atoms with Crippen LogP contribution in [0.15, 0.2) is 40.1 Å². The first-order chi connectivity index (χ1) is 10.8. The molecular formula is C15H14FN3O4. The van der Waals surface area contributed by atoms with E-state index in [0.717, 1.165) is 10.8 Å². The largest absolute Gasteiger partial charge is 0.381 e. The molecule has 7 nitrogen and oxygen atoms in total. The number of nitrogens with zero attached hydrogens (tertiary/aromatic N) is 2. The molecule has 1 aliphatic heterocycles. The molecule has 1 amide bonds. The van der Waals surface area contributed by atoms with Crippen LogP contribution >= 0.6 is 0 Å². The normalized spacial score (nSPS) is 16.0. The number of aryl methyl sites for hydroxylation is 1. The Bertz CT molecular complexity index is 896. The number of likely N-dealkylation sites (tertiary alicyclic amines) is 1.